The Kier molecular flexibility index (Phi) is 7.14. The number of ether oxygens (including phenoxy) is 2. The summed E-state index contributed by atoms with van der Waals surface area (Å²) in [6, 6.07) is 13.5. The van der Waals surface area contributed by atoms with E-state index in [9.17, 15) is 9.59 Å². The van der Waals surface area contributed by atoms with E-state index in [1.165, 1.54) is 5.56 Å². The number of methoxy groups -OCH3 is 1. The third-order valence-corrected chi connectivity index (χ3v) is 5.32. The lowest BCUT2D eigenvalue weighted by Crippen LogP contribution is -2.28. The number of hydrogen-bond acceptors (Lipinski definition) is 4. The van der Waals surface area contributed by atoms with E-state index in [1.54, 1.807) is 13.2 Å². The molecule has 29 heavy (non-hydrogen) atoms. The molecule has 2 N–H and O–H groups in total. The fraction of sp³-hybridized carbons (Fsp3) is 0.364. The fourth-order valence-corrected chi connectivity index (χ4v) is 3.66. The molecule has 0 aromatic heterocycles. The number of halogens is 1. The minimum absolute atomic E-state index is 0.0193. The number of nitrogens with one attached hydrogen (secondary N) is 2. The lowest BCUT2D eigenvalue weighted by atomic mass is 10.1. The molecule has 0 radical (unpaired) electrons. The van der Waals surface area contributed by atoms with Gasteiger partial charge in [-0.1, -0.05) is 34.1 Å². The summed E-state index contributed by atoms with van der Waals surface area (Å²) >= 11 is 3.48. The first-order valence-electron chi connectivity index (χ1n) is 9.61. The summed E-state index contributed by atoms with van der Waals surface area (Å²) in [5.74, 6) is 1.20. The molecule has 154 valence electrons. The van der Waals surface area contributed by atoms with Crippen molar-refractivity contribution in [2.24, 2.45) is 5.92 Å². The molecule has 0 aliphatic heterocycles. The van der Waals surface area contributed by atoms with E-state index in [0.29, 0.717) is 24.6 Å². The normalized spacial score (nSPS) is 17.3. The molecule has 0 spiro atoms. The molecule has 0 heterocycles. The molecule has 2 unspecified atom stereocenters. The predicted molar refractivity (Wildman–Crippen MR) is 114 cm³/mol. The predicted octanol–water partition coefficient (Wildman–Crippen LogP) is 3.39. The van der Waals surface area contributed by atoms with Gasteiger partial charge in [-0.15, -0.1) is 0 Å². The number of hydrogen-bond donors (Lipinski definition) is 2. The van der Waals surface area contributed by atoms with Crippen LogP contribution in [0.1, 0.15) is 30.4 Å². The Morgan fingerprint density at radius 2 is 1.97 bits per heavy atom. The maximum atomic E-state index is 12.5. The largest absolute Gasteiger partial charge is 0.493 e. The fourth-order valence-electron chi connectivity index (χ4n) is 3.24. The Balaban J connectivity index is 1.53. The highest BCUT2D eigenvalue weighted by atomic mass is 79.9. The van der Waals surface area contributed by atoms with Crippen LogP contribution in [0.3, 0.4) is 0 Å². The van der Waals surface area contributed by atoms with Crippen LogP contribution in [0, 0.1) is 5.92 Å². The molecule has 2 amide bonds. The van der Waals surface area contributed by atoms with Crippen LogP contribution in [-0.4, -0.2) is 32.1 Å². The monoisotopic (exact) mass is 460 g/mol. The summed E-state index contributed by atoms with van der Waals surface area (Å²) in [6.07, 6.45) is 0.873. The van der Waals surface area contributed by atoms with Gasteiger partial charge in [-0.25, -0.2) is 0 Å². The molecule has 2 atom stereocenters. The van der Waals surface area contributed by atoms with Crippen LogP contribution < -0.4 is 20.1 Å². The highest BCUT2D eigenvalue weighted by Gasteiger charge is 2.43. The van der Waals surface area contributed by atoms with Gasteiger partial charge in [-0.3, -0.25) is 9.59 Å². The Hall–Kier alpha value is -2.54. The van der Waals surface area contributed by atoms with Crippen LogP contribution >= 0.6 is 15.9 Å². The highest BCUT2D eigenvalue weighted by molar-refractivity contribution is 9.10. The van der Waals surface area contributed by atoms with Crippen molar-refractivity contribution in [3.63, 3.8) is 0 Å². The minimum atomic E-state index is -0.185. The molecule has 1 fully saturated rings. The average molecular weight is 461 g/mol. The number of carbonyl (C=O) groups excluding carboxylic acids is 2. The van der Waals surface area contributed by atoms with Crippen LogP contribution in [0.5, 0.6) is 11.5 Å². The van der Waals surface area contributed by atoms with Gasteiger partial charge in [0, 0.05) is 23.5 Å². The third-order valence-electron chi connectivity index (χ3n) is 4.83. The van der Waals surface area contributed by atoms with Crippen molar-refractivity contribution in [1.82, 2.24) is 10.6 Å². The smallest absolute Gasteiger partial charge is 0.257 e. The van der Waals surface area contributed by atoms with E-state index in [0.717, 1.165) is 16.5 Å². The molecule has 1 saturated carbocycles. The maximum absolute atomic E-state index is 12.5. The van der Waals surface area contributed by atoms with Crippen LogP contribution in [0.4, 0.5) is 0 Å². The minimum Gasteiger partial charge on any atom is -0.493 e. The topological polar surface area (TPSA) is 76.7 Å². The second-order valence-corrected chi connectivity index (χ2v) is 7.86. The molecule has 1 aliphatic rings. The van der Waals surface area contributed by atoms with Gasteiger partial charge in [-0.2, -0.15) is 0 Å². The van der Waals surface area contributed by atoms with Crippen molar-refractivity contribution in [2.75, 3.05) is 20.3 Å². The summed E-state index contributed by atoms with van der Waals surface area (Å²) in [4.78, 5) is 24.0. The number of likely N-dealkylation sites (N-methyl/N-ethyl adjacent to an activating group) is 1. The molecule has 0 saturated heterocycles. The summed E-state index contributed by atoms with van der Waals surface area (Å²) < 4.78 is 11.9. The summed E-state index contributed by atoms with van der Waals surface area (Å²) in [6.45, 7) is 2.75. The molecule has 3 rings (SSSR count). The maximum Gasteiger partial charge on any atom is 0.257 e. The van der Waals surface area contributed by atoms with Gasteiger partial charge in [0.1, 0.15) is 0 Å². The molecule has 1 aliphatic carbocycles. The van der Waals surface area contributed by atoms with Gasteiger partial charge in [-0.05, 0) is 54.7 Å². The average Bonchev–Trinajstić information content (AvgIpc) is 3.52. The Morgan fingerprint density at radius 1 is 1.14 bits per heavy atom. The van der Waals surface area contributed by atoms with E-state index < -0.39 is 0 Å². The molecule has 2 aromatic carbocycles. The van der Waals surface area contributed by atoms with Crippen molar-refractivity contribution >= 4 is 27.7 Å². The third kappa shape index (κ3) is 5.73. The molecular formula is C22H25BrN2O4. The Morgan fingerprint density at radius 3 is 2.69 bits per heavy atom. The van der Waals surface area contributed by atoms with Crippen LogP contribution in [0.2, 0.25) is 0 Å². The molecule has 6 nitrogen and oxygen atoms in total. The zero-order chi connectivity index (χ0) is 20.8. The van der Waals surface area contributed by atoms with Crippen LogP contribution in [0.25, 0.3) is 0 Å². The quantitative estimate of drug-likeness (QED) is 0.601. The molecule has 7 heteroatoms. The highest BCUT2D eigenvalue weighted by Crippen LogP contribution is 2.48. The Bertz CT molecular complexity index is 887. The summed E-state index contributed by atoms with van der Waals surface area (Å²) in [7, 11) is 1.55. The second-order valence-electron chi connectivity index (χ2n) is 6.95. The van der Waals surface area contributed by atoms with Crippen molar-refractivity contribution in [1.29, 1.82) is 0 Å². The molecule has 2 aromatic rings. The van der Waals surface area contributed by atoms with E-state index in [2.05, 4.69) is 38.7 Å². The number of amides is 2. The number of carbonyl (C=O) groups is 2. The Labute approximate surface area is 179 Å². The van der Waals surface area contributed by atoms with Crippen LogP contribution in [0.15, 0.2) is 46.9 Å². The van der Waals surface area contributed by atoms with Gasteiger partial charge in [0.05, 0.1) is 7.11 Å². The summed E-state index contributed by atoms with van der Waals surface area (Å²) in [5, 5.41) is 5.68. The first kappa shape index (κ1) is 21.2. The SMILES string of the molecule is CCNC(=O)COc1ccc(CNC(=O)C2CC2c2cccc(Br)c2)cc1OC. The van der Waals surface area contributed by atoms with Crippen molar-refractivity contribution in [2.45, 2.75) is 25.8 Å². The van der Waals surface area contributed by atoms with Gasteiger partial charge in [0.25, 0.3) is 5.91 Å². The van der Waals surface area contributed by atoms with E-state index in [4.69, 9.17) is 9.47 Å². The second kappa shape index (κ2) is 9.78. The standard InChI is InChI=1S/C22H25BrN2O4/c1-3-24-21(26)13-29-19-8-7-14(9-20(19)28-2)12-25-22(27)18-11-17(18)15-5-4-6-16(23)10-15/h4-10,17-18H,3,11-13H2,1-2H3,(H,24,26)(H,25,27). The zero-order valence-electron chi connectivity index (χ0n) is 16.5. The van der Waals surface area contributed by atoms with Gasteiger partial charge >= 0.3 is 0 Å². The van der Waals surface area contributed by atoms with Crippen LogP contribution in [-0.2, 0) is 16.1 Å². The van der Waals surface area contributed by atoms with E-state index >= 15 is 0 Å². The van der Waals surface area contributed by atoms with E-state index in [1.807, 2.05) is 31.2 Å². The van der Waals surface area contributed by atoms with Gasteiger partial charge < -0.3 is 20.1 Å². The van der Waals surface area contributed by atoms with Crippen molar-refractivity contribution < 1.29 is 19.1 Å². The summed E-state index contributed by atoms with van der Waals surface area (Å²) in [5.41, 5.74) is 2.09. The van der Waals surface area contributed by atoms with Crippen molar-refractivity contribution in [3.05, 3.63) is 58.1 Å². The number of rotatable bonds is 9. The lowest BCUT2D eigenvalue weighted by Gasteiger charge is -2.12. The first-order valence-corrected chi connectivity index (χ1v) is 10.4. The van der Waals surface area contributed by atoms with E-state index in [-0.39, 0.29) is 30.3 Å². The van der Waals surface area contributed by atoms with Crippen molar-refractivity contribution in [3.8, 4) is 11.5 Å². The van der Waals surface area contributed by atoms with Gasteiger partial charge in [0.2, 0.25) is 5.91 Å². The van der Waals surface area contributed by atoms with Gasteiger partial charge in [0.15, 0.2) is 18.1 Å². The molecule has 0 bridgehead atoms. The lowest BCUT2D eigenvalue weighted by molar-refractivity contribution is -0.123. The molecular weight excluding hydrogens is 436 g/mol. The first-order chi connectivity index (χ1) is 14.0. The zero-order valence-corrected chi connectivity index (χ0v) is 18.1. The number of benzene rings is 2.